The number of rotatable bonds is 5. The minimum Gasteiger partial charge on any atom is -0.353 e. The average molecular weight is 393 g/mol. The lowest BCUT2D eigenvalue weighted by atomic mass is 10.0. The van der Waals surface area contributed by atoms with E-state index in [1.54, 1.807) is 0 Å². The largest absolute Gasteiger partial charge is 0.353 e. The van der Waals surface area contributed by atoms with Gasteiger partial charge in [-0.1, -0.05) is 23.1 Å². The van der Waals surface area contributed by atoms with Gasteiger partial charge in [0.1, 0.15) is 0 Å². The summed E-state index contributed by atoms with van der Waals surface area (Å²) in [5.74, 6) is 8.10. The zero-order valence-corrected chi connectivity index (χ0v) is 17.2. The Labute approximate surface area is 172 Å². The van der Waals surface area contributed by atoms with Crippen LogP contribution in [0.3, 0.4) is 0 Å². The SMILES string of the molecule is Cc1cc(C#CC2CC2)ccc1CN(C)c1cn(CC2OCC3(CC3)CO2)nn1. The third-order valence-corrected chi connectivity index (χ3v) is 6.11. The molecule has 1 saturated heterocycles. The Morgan fingerprint density at radius 2 is 2.03 bits per heavy atom. The van der Waals surface area contributed by atoms with Crippen LogP contribution in [-0.2, 0) is 22.6 Å². The van der Waals surface area contributed by atoms with Crippen LogP contribution in [0.25, 0.3) is 0 Å². The van der Waals surface area contributed by atoms with Crippen LogP contribution in [0.2, 0.25) is 0 Å². The van der Waals surface area contributed by atoms with E-state index in [-0.39, 0.29) is 6.29 Å². The van der Waals surface area contributed by atoms with E-state index >= 15 is 0 Å². The molecule has 1 aromatic heterocycles. The van der Waals surface area contributed by atoms with Crippen LogP contribution in [0, 0.1) is 30.1 Å². The number of ether oxygens (including phenoxy) is 2. The second-order valence-electron chi connectivity index (χ2n) is 8.89. The highest BCUT2D eigenvalue weighted by atomic mass is 16.7. The van der Waals surface area contributed by atoms with Crippen molar-refractivity contribution in [3.63, 3.8) is 0 Å². The Kier molecular flexibility index (Phi) is 4.81. The summed E-state index contributed by atoms with van der Waals surface area (Å²) in [6.45, 7) is 5.11. The molecule has 29 heavy (non-hydrogen) atoms. The molecule has 6 heteroatoms. The summed E-state index contributed by atoms with van der Waals surface area (Å²) >= 11 is 0. The Morgan fingerprint density at radius 3 is 2.72 bits per heavy atom. The normalized spacial score (nSPS) is 20.3. The summed E-state index contributed by atoms with van der Waals surface area (Å²) in [5, 5.41) is 8.58. The molecular weight excluding hydrogens is 364 g/mol. The smallest absolute Gasteiger partial charge is 0.177 e. The molecule has 0 unspecified atom stereocenters. The van der Waals surface area contributed by atoms with Gasteiger partial charge in [0, 0.05) is 30.5 Å². The van der Waals surface area contributed by atoms with Gasteiger partial charge in [0.2, 0.25) is 0 Å². The monoisotopic (exact) mass is 392 g/mol. The maximum Gasteiger partial charge on any atom is 0.177 e. The first-order valence-corrected chi connectivity index (χ1v) is 10.5. The van der Waals surface area contributed by atoms with Gasteiger partial charge in [-0.3, -0.25) is 0 Å². The lowest BCUT2D eigenvalue weighted by molar-refractivity contribution is -0.213. The summed E-state index contributed by atoms with van der Waals surface area (Å²) < 4.78 is 13.5. The lowest BCUT2D eigenvalue weighted by Gasteiger charge is -2.29. The van der Waals surface area contributed by atoms with E-state index in [0.717, 1.165) is 31.1 Å². The molecule has 6 nitrogen and oxygen atoms in total. The van der Waals surface area contributed by atoms with Crippen molar-refractivity contribution >= 4 is 5.82 Å². The van der Waals surface area contributed by atoms with Crippen LogP contribution in [-0.4, -0.2) is 41.5 Å². The molecule has 0 amide bonds. The fraction of sp³-hybridized carbons (Fsp3) is 0.565. The first-order chi connectivity index (χ1) is 14.1. The second kappa shape index (κ2) is 7.47. The molecule has 1 aromatic carbocycles. The number of aromatic nitrogens is 3. The van der Waals surface area contributed by atoms with E-state index < -0.39 is 0 Å². The quantitative estimate of drug-likeness (QED) is 0.732. The predicted molar refractivity (Wildman–Crippen MR) is 110 cm³/mol. The number of nitrogens with zero attached hydrogens (tertiary/aromatic N) is 4. The van der Waals surface area contributed by atoms with Crippen molar-refractivity contribution in [3.05, 3.63) is 41.1 Å². The van der Waals surface area contributed by atoms with Gasteiger partial charge in [0.25, 0.3) is 0 Å². The Hall–Kier alpha value is -2.36. The van der Waals surface area contributed by atoms with E-state index in [2.05, 4.69) is 52.2 Å². The highest BCUT2D eigenvalue weighted by Crippen LogP contribution is 2.48. The summed E-state index contributed by atoms with van der Waals surface area (Å²) in [7, 11) is 2.04. The molecule has 5 rings (SSSR count). The van der Waals surface area contributed by atoms with Gasteiger partial charge in [-0.05, 0) is 55.9 Å². The summed E-state index contributed by atoms with van der Waals surface area (Å²) in [6.07, 6.45) is 6.70. The van der Waals surface area contributed by atoms with Gasteiger partial charge >= 0.3 is 0 Å². The molecule has 3 fully saturated rings. The Balaban J connectivity index is 1.18. The van der Waals surface area contributed by atoms with Gasteiger partial charge < -0.3 is 14.4 Å². The summed E-state index contributed by atoms with van der Waals surface area (Å²) in [6, 6.07) is 6.47. The van der Waals surface area contributed by atoms with E-state index in [1.165, 1.54) is 36.8 Å². The summed E-state index contributed by atoms with van der Waals surface area (Å²) in [4.78, 5) is 2.11. The van der Waals surface area contributed by atoms with Crippen molar-refractivity contribution in [2.45, 2.75) is 52.0 Å². The van der Waals surface area contributed by atoms with E-state index in [1.807, 2.05) is 17.9 Å². The molecule has 2 heterocycles. The zero-order chi connectivity index (χ0) is 19.8. The number of hydrogen-bond donors (Lipinski definition) is 0. The topological polar surface area (TPSA) is 52.4 Å². The van der Waals surface area contributed by atoms with Crippen molar-refractivity contribution in [2.24, 2.45) is 11.3 Å². The molecule has 2 saturated carbocycles. The molecule has 1 spiro atoms. The molecular formula is C23H28N4O2. The van der Waals surface area contributed by atoms with Crippen LogP contribution >= 0.6 is 0 Å². The van der Waals surface area contributed by atoms with Crippen molar-refractivity contribution in [2.75, 3.05) is 25.2 Å². The van der Waals surface area contributed by atoms with Gasteiger partial charge in [0.05, 0.1) is 26.0 Å². The average Bonchev–Trinajstić information content (AvgIpc) is 3.64. The molecule has 0 bridgehead atoms. The van der Waals surface area contributed by atoms with Gasteiger partial charge in [-0.25, -0.2) is 4.68 Å². The van der Waals surface area contributed by atoms with Gasteiger partial charge in [0.15, 0.2) is 12.1 Å². The Bertz CT molecular complexity index is 939. The van der Waals surface area contributed by atoms with Crippen molar-refractivity contribution < 1.29 is 9.47 Å². The molecule has 1 aliphatic heterocycles. The standard InChI is InChI=1S/C23H28N4O2/c1-17-11-19(6-5-18-3-4-18)7-8-20(17)12-26(2)21-13-27(25-24-21)14-22-28-15-23(9-10-23)16-29-22/h7-8,11,13,18,22H,3-4,9-10,12,14-16H2,1-2H3. The first kappa shape index (κ1) is 18.7. The van der Waals surface area contributed by atoms with Crippen molar-refractivity contribution in [3.8, 4) is 11.8 Å². The molecule has 0 N–H and O–H groups in total. The molecule has 152 valence electrons. The van der Waals surface area contributed by atoms with Gasteiger partial charge in [-0.15, -0.1) is 5.10 Å². The van der Waals surface area contributed by atoms with Crippen LogP contribution in [0.5, 0.6) is 0 Å². The van der Waals surface area contributed by atoms with E-state index in [4.69, 9.17) is 9.47 Å². The van der Waals surface area contributed by atoms with Crippen LogP contribution in [0.1, 0.15) is 42.4 Å². The maximum absolute atomic E-state index is 5.85. The molecule has 3 aliphatic rings. The number of benzene rings is 1. The highest BCUT2D eigenvalue weighted by Gasteiger charge is 2.46. The minimum atomic E-state index is -0.229. The lowest BCUT2D eigenvalue weighted by Crippen LogP contribution is -2.36. The molecule has 0 atom stereocenters. The molecule has 0 radical (unpaired) electrons. The zero-order valence-electron chi connectivity index (χ0n) is 17.2. The first-order valence-electron chi connectivity index (χ1n) is 10.5. The summed E-state index contributed by atoms with van der Waals surface area (Å²) in [5.41, 5.74) is 3.95. The number of anilines is 1. The highest BCUT2D eigenvalue weighted by molar-refractivity contribution is 5.43. The van der Waals surface area contributed by atoms with E-state index in [0.29, 0.717) is 17.9 Å². The second-order valence-corrected chi connectivity index (χ2v) is 8.89. The molecule has 2 aliphatic carbocycles. The van der Waals surface area contributed by atoms with E-state index in [9.17, 15) is 0 Å². The van der Waals surface area contributed by atoms with Crippen molar-refractivity contribution in [1.29, 1.82) is 0 Å². The minimum absolute atomic E-state index is 0.229. The van der Waals surface area contributed by atoms with Crippen LogP contribution in [0.4, 0.5) is 5.82 Å². The number of aryl methyl sites for hydroxylation is 1. The third kappa shape index (κ3) is 4.47. The fourth-order valence-electron chi connectivity index (χ4n) is 3.61. The van der Waals surface area contributed by atoms with Gasteiger partial charge in [-0.2, -0.15) is 0 Å². The predicted octanol–water partition coefficient (Wildman–Crippen LogP) is 3.14. The maximum atomic E-state index is 5.85. The number of hydrogen-bond acceptors (Lipinski definition) is 5. The Morgan fingerprint density at radius 1 is 1.24 bits per heavy atom. The fourth-order valence-corrected chi connectivity index (χ4v) is 3.61. The molecule has 2 aromatic rings. The third-order valence-electron chi connectivity index (χ3n) is 6.11. The van der Waals surface area contributed by atoms with Crippen molar-refractivity contribution in [1.82, 2.24) is 15.0 Å². The van der Waals surface area contributed by atoms with Crippen LogP contribution < -0.4 is 4.90 Å². The van der Waals surface area contributed by atoms with Crippen LogP contribution in [0.15, 0.2) is 24.4 Å².